The summed E-state index contributed by atoms with van der Waals surface area (Å²) in [6, 6.07) is 11.2. The van der Waals surface area contributed by atoms with Crippen molar-refractivity contribution in [1.29, 1.82) is 0 Å². The molecule has 0 amide bonds. The van der Waals surface area contributed by atoms with Crippen molar-refractivity contribution < 1.29 is 9.84 Å². The summed E-state index contributed by atoms with van der Waals surface area (Å²) < 4.78 is 5.80. The lowest BCUT2D eigenvalue weighted by Crippen LogP contribution is -2.02. The van der Waals surface area contributed by atoms with E-state index in [0.717, 1.165) is 16.7 Å². The molecule has 0 aliphatic heterocycles. The Bertz CT molecular complexity index is 609. The van der Waals surface area contributed by atoms with Gasteiger partial charge in [-0.25, -0.2) is 0 Å². The summed E-state index contributed by atoms with van der Waals surface area (Å²) in [6.07, 6.45) is -0.583. The van der Waals surface area contributed by atoms with Crippen LogP contribution in [0, 0.1) is 6.92 Å². The molecule has 20 heavy (non-hydrogen) atoms. The Morgan fingerprint density at radius 2 is 1.95 bits per heavy atom. The van der Waals surface area contributed by atoms with Crippen LogP contribution in [0.1, 0.15) is 29.7 Å². The summed E-state index contributed by atoms with van der Waals surface area (Å²) in [4.78, 5) is 0. The molecule has 0 radical (unpaired) electrons. The third kappa shape index (κ3) is 3.45. The lowest BCUT2D eigenvalue weighted by Gasteiger charge is -2.15. The van der Waals surface area contributed by atoms with Gasteiger partial charge in [0.25, 0.3) is 0 Å². The summed E-state index contributed by atoms with van der Waals surface area (Å²) in [5.41, 5.74) is 2.65. The Morgan fingerprint density at radius 3 is 2.65 bits per heavy atom. The molecule has 2 rings (SSSR count). The van der Waals surface area contributed by atoms with Gasteiger partial charge in [0, 0.05) is 11.1 Å². The largest absolute Gasteiger partial charge is 0.488 e. The topological polar surface area (TPSA) is 29.5 Å². The van der Waals surface area contributed by atoms with Gasteiger partial charge in [0.1, 0.15) is 12.4 Å². The lowest BCUT2D eigenvalue weighted by atomic mass is 10.1. The molecule has 1 atom stereocenters. The van der Waals surface area contributed by atoms with Crippen molar-refractivity contribution in [2.75, 3.05) is 0 Å². The molecule has 0 aliphatic rings. The number of benzene rings is 2. The Kier molecular flexibility index (Phi) is 4.92. The summed E-state index contributed by atoms with van der Waals surface area (Å²) in [6.45, 7) is 4.00. The normalized spacial score (nSPS) is 12.2. The van der Waals surface area contributed by atoms with Crippen LogP contribution in [0.3, 0.4) is 0 Å². The summed E-state index contributed by atoms with van der Waals surface area (Å²) in [5, 5.41) is 10.8. The molecule has 106 valence electrons. The van der Waals surface area contributed by atoms with Gasteiger partial charge in [0.2, 0.25) is 0 Å². The molecule has 0 saturated carbocycles. The first-order valence-electron chi connectivity index (χ1n) is 6.33. The van der Waals surface area contributed by atoms with Crippen LogP contribution in [0.2, 0.25) is 10.0 Å². The first-order valence-corrected chi connectivity index (χ1v) is 7.09. The number of aliphatic hydroxyl groups is 1. The van der Waals surface area contributed by atoms with Crippen molar-refractivity contribution in [3.05, 3.63) is 63.1 Å². The predicted molar refractivity (Wildman–Crippen MR) is 82.6 cm³/mol. The number of halogens is 2. The molecule has 0 saturated heterocycles. The molecule has 0 fully saturated rings. The highest BCUT2D eigenvalue weighted by Crippen LogP contribution is 2.30. The second-order valence-corrected chi connectivity index (χ2v) is 5.50. The van der Waals surface area contributed by atoms with Crippen LogP contribution in [0.25, 0.3) is 0 Å². The molecule has 0 bridgehead atoms. The van der Waals surface area contributed by atoms with E-state index in [4.69, 9.17) is 27.9 Å². The zero-order valence-electron chi connectivity index (χ0n) is 11.4. The number of hydrogen-bond donors (Lipinski definition) is 1. The van der Waals surface area contributed by atoms with Gasteiger partial charge < -0.3 is 9.84 Å². The Balaban J connectivity index is 2.22. The fourth-order valence-corrected chi connectivity index (χ4v) is 2.30. The first kappa shape index (κ1) is 15.2. The number of hydrogen-bond acceptors (Lipinski definition) is 2. The summed E-state index contributed by atoms with van der Waals surface area (Å²) in [7, 11) is 0. The van der Waals surface area contributed by atoms with Gasteiger partial charge in [-0.1, -0.05) is 47.5 Å². The van der Waals surface area contributed by atoms with Crippen molar-refractivity contribution in [1.82, 2.24) is 0 Å². The minimum absolute atomic E-state index is 0.308. The van der Waals surface area contributed by atoms with Crippen molar-refractivity contribution in [3.8, 4) is 5.75 Å². The van der Waals surface area contributed by atoms with Crippen LogP contribution >= 0.6 is 23.2 Å². The van der Waals surface area contributed by atoms with Crippen LogP contribution in [0.5, 0.6) is 5.75 Å². The van der Waals surface area contributed by atoms with Crippen LogP contribution in [-0.2, 0) is 6.61 Å². The number of aliphatic hydroxyl groups excluding tert-OH is 1. The zero-order valence-corrected chi connectivity index (χ0v) is 12.9. The van der Waals surface area contributed by atoms with Gasteiger partial charge in [0.15, 0.2) is 0 Å². The maximum absolute atomic E-state index is 9.76. The van der Waals surface area contributed by atoms with Crippen molar-refractivity contribution >= 4 is 23.2 Å². The highest BCUT2D eigenvalue weighted by Gasteiger charge is 2.11. The minimum Gasteiger partial charge on any atom is -0.488 e. The van der Waals surface area contributed by atoms with E-state index in [9.17, 15) is 5.11 Å². The van der Waals surface area contributed by atoms with Gasteiger partial charge in [-0.15, -0.1) is 0 Å². The standard InChI is InChI=1S/C16H16Cl2O2/c1-10-6-7-13(11(2)19)15(8-10)20-9-12-4-3-5-14(17)16(12)18/h3-8,11,19H,9H2,1-2H3/t11-/m1/s1. The fraction of sp³-hybridized carbons (Fsp3) is 0.250. The summed E-state index contributed by atoms with van der Waals surface area (Å²) >= 11 is 12.1. The van der Waals surface area contributed by atoms with Crippen LogP contribution < -0.4 is 4.74 Å². The molecule has 4 heteroatoms. The average molecular weight is 311 g/mol. The Hall–Kier alpha value is -1.22. The molecule has 0 unspecified atom stereocenters. The van der Waals surface area contributed by atoms with Crippen LogP contribution in [-0.4, -0.2) is 5.11 Å². The number of aryl methyl sites for hydroxylation is 1. The van der Waals surface area contributed by atoms with Gasteiger partial charge in [-0.2, -0.15) is 0 Å². The third-order valence-corrected chi connectivity index (χ3v) is 3.89. The maximum Gasteiger partial charge on any atom is 0.125 e. The Labute approximate surface area is 128 Å². The molecule has 0 heterocycles. The quantitative estimate of drug-likeness (QED) is 0.867. The van der Waals surface area contributed by atoms with E-state index >= 15 is 0 Å². The van der Waals surface area contributed by atoms with E-state index in [2.05, 4.69) is 0 Å². The number of ether oxygens (including phenoxy) is 1. The van der Waals surface area contributed by atoms with E-state index < -0.39 is 6.10 Å². The van der Waals surface area contributed by atoms with Crippen molar-refractivity contribution in [3.63, 3.8) is 0 Å². The van der Waals surface area contributed by atoms with E-state index in [1.807, 2.05) is 37.3 Å². The minimum atomic E-state index is -0.583. The molecule has 1 N–H and O–H groups in total. The third-order valence-electron chi connectivity index (χ3n) is 3.03. The average Bonchev–Trinajstić information content (AvgIpc) is 2.40. The molecule has 0 aliphatic carbocycles. The van der Waals surface area contributed by atoms with Crippen LogP contribution in [0.4, 0.5) is 0 Å². The van der Waals surface area contributed by atoms with Crippen LogP contribution in [0.15, 0.2) is 36.4 Å². The molecule has 0 aromatic heterocycles. The fourth-order valence-electron chi connectivity index (χ4n) is 1.93. The monoisotopic (exact) mass is 310 g/mol. The van der Waals surface area contributed by atoms with Crippen molar-refractivity contribution in [2.24, 2.45) is 0 Å². The molecule has 2 nitrogen and oxygen atoms in total. The maximum atomic E-state index is 9.76. The molecular formula is C16H16Cl2O2. The second-order valence-electron chi connectivity index (χ2n) is 4.72. The van der Waals surface area contributed by atoms with E-state index in [1.54, 1.807) is 13.0 Å². The van der Waals surface area contributed by atoms with E-state index in [-0.39, 0.29) is 0 Å². The smallest absolute Gasteiger partial charge is 0.125 e. The highest BCUT2D eigenvalue weighted by molar-refractivity contribution is 6.42. The molecular weight excluding hydrogens is 295 g/mol. The molecule has 2 aromatic carbocycles. The predicted octanol–water partition coefficient (Wildman–Crippen LogP) is 4.93. The van der Waals surface area contributed by atoms with Gasteiger partial charge in [-0.05, 0) is 31.5 Å². The second kappa shape index (κ2) is 6.49. The van der Waals surface area contributed by atoms with Gasteiger partial charge in [0.05, 0.1) is 16.1 Å². The zero-order chi connectivity index (χ0) is 14.7. The van der Waals surface area contributed by atoms with Gasteiger partial charge >= 0.3 is 0 Å². The lowest BCUT2D eigenvalue weighted by molar-refractivity contribution is 0.190. The Morgan fingerprint density at radius 1 is 1.20 bits per heavy atom. The summed E-state index contributed by atoms with van der Waals surface area (Å²) in [5.74, 6) is 0.663. The first-order chi connectivity index (χ1) is 9.49. The van der Waals surface area contributed by atoms with E-state index in [1.165, 1.54) is 0 Å². The SMILES string of the molecule is Cc1ccc([C@@H](C)O)c(OCc2cccc(Cl)c2Cl)c1. The highest BCUT2D eigenvalue weighted by atomic mass is 35.5. The van der Waals surface area contributed by atoms with E-state index in [0.29, 0.717) is 22.4 Å². The molecule has 2 aromatic rings. The number of rotatable bonds is 4. The van der Waals surface area contributed by atoms with Crippen molar-refractivity contribution in [2.45, 2.75) is 26.6 Å². The van der Waals surface area contributed by atoms with Gasteiger partial charge in [-0.3, -0.25) is 0 Å². The molecule has 0 spiro atoms.